The van der Waals surface area contributed by atoms with Crippen LogP contribution >= 0.6 is 11.3 Å². The second kappa shape index (κ2) is 4.35. The Hall–Kier alpha value is -0.830. The minimum atomic E-state index is -0.315. The van der Waals surface area contributed by atoms with E-state index in [0.29, 0.717) is 6.61 Å². The van der Waals surface area contributed by atoms with Gasteiger partial charge >= 0.3 is 5.97 Å². The molecule has 1 saturated carbocycles. The van der Waals surface area contributed by atoms with Crippen molar-refractivity contribution in [2.45, 2.75) is 38.0 Å². The lowest BCUT2D eigenvalue weighted by Gasteiger charge is -2.24. The molecule has 3 heteroatoms. The standard InChI is InChI=1S/C12H16O2S/c1-2-14-11(13)12(7-3-4-8-12)10-6-5-9-15-10/h5-6,9H,2-4,7-8H2,1H3. The Labute approximate surface area is 94.3 Å². The molecule has 0 aromatic carbocycles. The van der Waals surface area contributed by atoms with Gasteiger partial charge in [0.2, 0.25) is 0 Å². The number of thiophene rings is 1. The van der Waals surface area contributed by atoms with E-state index in [1.165, 1.54) is 4.88 Å². The van der Waals surface area contributed by atoms with Crippen molar-refractivity contribution in [1.82, 2.24) is 0 Å². The monoisotopic (exact) mass is 224 g/mol. The van der Waals surface area contributed by atoms with Gasteiger partial charge in [0.15, 0.2) is 0 Å². The van der Waals surface area contributed by atoms with E-state index < -0.39 is 0 Å². The zero-order valence-corrected chi connectivity index (χ0v) is 9.81. The molecule has 1 aromatic rings. The molecule has 2 rings (SSSR count). The molecule has 15 heavy (non-hydrogen) atoms. The Bertz CT molecular complexity index is 323. The van der Waals surface area contributed by atoms with Crippen LogP contribution in [0.15, 0.2) is 17.5 Å². The molecule has 0 N–H and O–H groups in total. The summed E-state index contributed by atoms with van der Waals surface area (Å²) in [5.41, 5.74) is -0.315. The number of ether oxygens (including phenoxy) is 1. The second-order valence-corrected chi connectivity index (χ2v) is 4.93. The number of rotatable bonds is 3. The van der Waals surface area contributed by atoms with E-state index in [-0.39, 0.29) is 11.4 Å². The lowest BCUT2D eigenvalue weighted by atomic mass is 9.84. The maximum absolute atomic E-state index is 12.1. The molecule has 1 aromatic heterocycles. The molecule has 0 spiro atoms. The molecular weight excluding hydrogens is 208 g/mol. The molecule has 1 aliphatic carbocycles. The number of carbonyl (C=O) groups excluding carboxylic acids is 1. The first-order chi connectivity index (χ1) is 7.29. The van der Waals surface area contributed by atoms with E-state index in [4.69, 9.17) is 4.74 Å². The van der Waals surface area contributed by atoms with Crippen molar-refractivity contribution in [2.24, 2.45) is 0 Å². The van der Waals surface area contributed by atoms with Gasteiger partial charge in [0.05, 0.1) is 6.61 Å². The quantitative estimate of drug-likeness (QED) is 0.737. The van der Waals surface area contributed by atoms with Crippen molar-refractivity contribution in [2.75, 3.05) is 6.61 Å². The fraction of sp³-hybridized carbons (Fsp3) is 0.583. The van der Waals surface area contributed by atoms with Crippen LogP contribution in [0.2, 0.25) is 0 Å². The van der Waals surface area contributed by atoms with Crippen LogP contribution in [0.1, 0.15) is 37.5 Å². The first-order valence-electron chi connectivity index (χ1n) is 5.51. The van der Waals surface area contributed by atoms with Crippen LogP contribution in [-0.2, 0) is 14.9 Å². The third kappa shape index (κ3) is 1.81. The van der Waals surface area contributed by atoms with Gasteiger partial charge in [-0.1, -0.05) is 18.9 Å². The van der Waals surface area contributed by atoms with Crippen molar-refractivity contribution in [3.8, 4) is 0 Å². The largest absolute Gasteiger partial charge is 0.465 e. The molecule has 0 amide bonds. The molecule has 82 valence electrons. The third-order valence-electron chi connectivity index (χ3n) is 3.12. The first kappa shape index (κ1) is 10.7. The normalized spacial score (nSPS) is 19.0. The van der Waals surface area contributed by atoms with Gasteiger partial charge in [0.1, 0.15) is 5.41 Å². The van der Waals surface area contributed by atoms with Crippen molar-refractivity contribution in [1.29, 1.82) is 0 Å². The molecule has 0 saturated heterocycles. The SMILES string of the molecule is CCOC(=O)C1(c2cccs2)CCCC1. The highest BCUT2D eigenvalue weighted by atomic mass is 32.1. The Morgan fingerprint density at radius 3 is 2.80 bits per heavy atom. The highest BCUT2D eigenvalue weighted by Gasteiger charge is 2.44. The highest BCUT2D eigenvalue weighted by molar-refractivity contribution is 7.10. The molecule has 1 fully saturated rings. The maximum Gasteiger partial charge on any atom is 0.317 e. The van der Waals surface area contributed by atoms with Gasteiger partial charge in [-0.25, -0.2) is 0 Å². The van der Waals surface area contributed by atoms with E-state index in [2.05, 4.69) is 6.07 Å². The summed E-state index contributed by atoms with van der Waals surface area (Å²) in [7, 11) is 0. The average molecular weight is 224 g/mol. The van der Waals surface area contributed by atoms with Gasteiger partial charge < -0.3 is 4.74 Å². The molecule has 2 nitrogen and oxygen atoms in total. The molecular formula is C12H16O2S. The van der Waals surface area contributed by atoms with Gasteiger partial charge in [-0.05, 0) is 31.2 Å². The predicted molar refractivity (Wildman–Crippen MR) is 61.1 cm³/mol. The fourth-order valence-corrected chi connectivity index (χ4v) is 3.32. The molecule has 0 atom stereocenters. The van der Waals surface area contributed by atoms with Crippen molar-refractivity contribution in [3.05, 3.63) is 22.4 Å². The molecule has 0 aliphatic heterocycles. The predicted octanol–water partition coefficient (Wildman–Crippen LogP) is 3.12. The molecule has 1 aliphatic rings. The second-order valence-electron chi connectivity index (χ2n) is 3.99. The van der Waals surface area contributed by atoms with E-state index in [1.807, 2.05) is 18.4 Å². The van der Waals surface area contributed by atoms with Crippen molar-refractivity contribution in [3.63, 3.8) is 0 Å². The molecule has 0 radical (unpaired) electrons. The Morgan fingerprint density at radius 2 is 2.27 bits per heavy atom. The smallest absolute Gasteiger partial charge is 0.317 e. The summed E-state index contributed by atoms with van der Waals surface area (Å²) in [4.78, 5) is 13.2. The molecule has 0 bridgehead atoms. The maximum atomic E-state index is 12.1. The van der Waals surface area contributed by atoms with Crippen LogP contribution in [0.3, 0.4) is 0 Å². The van der Waals surface area contributed by atoms with Crippen molar-refractivity contribution < 1.29 is 9.53 Å². The van der Waals surface area contributed by atoms with Gasteiger partial charge in [-0.3, -0.25) is 4.79 Å². The minimum absolute atomic E-state index is 0.0232. The topological polar surface area (TPSA) is 26.3 Å². The summed E-state index contributed by atoms with van der Waals surface area (Å²) in [6.07, 6.45) is 4.17. The number of carbonyl (C=O) groups is 1. The fourth-order valence-electron chi connectivity index (χ4n) is 2.35. The van der Waals surface area contributed by atoms with E-state index in [1.54, 1.807) is 11.3 Å². The van der Waals surface area contributed by atoms with Crippen molar-refractivity contribution >= 4 is 17.3 Å². The third-order valence-corrected chi connectivity index (χ3v) is 4.19. The van der Waals surface area contributed by atoms with Gasteiger partial charge in [-0.15, -0.1) is 11.3 Å². The number of hydrogen-bond acceptors (Lipinski definition) is 3. The Balaban J connectivity index is 2.28. The van der Waals surface area contributed by atoms with Crippen LogP contribution in [0.5, 0.6) is 0 Å². The summed E-state index contributed by atoms with van der Waals surface area (Å²) < 4.78 is 5.22. The van der Waals surface area contributed by atoms with E-state index in [9.17, 15) is 4.79 Å². The van der Waals surface area contributed by atoms with Crippen LogP contribution < -0.4 is 0 Å². The highest BCUT2D eigenvalue weighted by Crippen LogP contribution is 2.43. The summed E-state index contributed by atoms with van der Waals surface area (Å²) >= 11 is 1.67. The van der Waals surface area contributed by atoms with Crippen LogP contribution in [0.4, 0.5) is 0 Å². The summed E-state index contributed by atoms with van der Waals surface area (Å²) in [6, 6.07) is 4.08. The van der Waals surface area contributed by atoms with Crippen LogP contribution in [0.25, 0.3) is 0 Å². The lowest BCUT2D eigenvalue weighted by molar-refractivity contribution is -0.149. The van der Waals surface area contributed by atoms with Gasteiger partial charge in [0, 0.05) is 4.88 Å². The minimum Gasteiger partial charge on any atom is -0.465 e. The summed E-state index contributed by atoms with van der Waals surface area (Å²) in [5.74, 6) is -0.0232. The van der Waals surface area contributed by atoms with Gasteiger partial charge in [-0.2, -0.15) is 0 Å². The molecule has 0 unspecified atom stereocenters. The Kier molecular flexibility index (Phi) is 3.10. The van der Waals surface area contributed by atoms with E-state index in [0.717, 1.165) is 25.7 Å². The van der Waals surface area contributed by atoms with E-state index >= 15 is 0 Å². The van der Waals surface area contributed by atoms with Crippen LogP contribution in [0, 0.1) is 0 Å². The number of hydrogen-bond donors (Lipinski definition) is 0. The lowest BCUT2D eigenvalue weighted by Crippen LogP contribution is -2.33. The Morgan fingerprint density at radius 1 is 1.53 bits per heavy atom. The average Bonchev–Trinajstić information content (AvgIpc) is 2.90. The van der Waals surface area contributed by atoms with Crippen LogP contribution in [-0.4, -0.2) is 12.6 Å². The summed E-state index contributed by atoms with van der Waals surface area (Å²) in [6.45, 7) is 2.35. The molecule has 1 heterocycles. The van der Waals surface area contributed by atoms with Gasteiger partial charge in [0.25, 0.3) is 0 Å². The number of esters is 1. The first-order valence-corrected chi connectivity index (χ1v) is 6.39. The zero-order chi connectivity index (χ0) is 10.7. The zero-order valence-electron chi connectivity index (χ0n) is 8.99. The summed E-state index contributed by atoms with van der Waals surface area (Å²) in [5, 5.41) is 2.04.